The van der Waals surface area contributed by atoms with Crippen LogP contribution in [0.5, 0.6) is 0 Å². The fourth-order valence-electron chi connectivity index (χ4n) is 1.22. The lowest BCUT2D eigenvalue weighted by atomic mass is 10.2. The van der Waals surface area contributed by atoms with Crippen molar-refractivity contribution in [2.45, 2.75) is 0 Å². The highest BCUT2D eigenvalue weighted by Gasteiger charge is 2.09. The largest absolute Gasteiger partial charge is 0.399 e. The number of thiophene rings is 1. The lowest BCUT2D eigenvalue weighted by Crippen LogP contribution is -2.12. The smallest absolute Gasteiger partial charge is 0.256 e. The van der Waals surface area contributed by atoms with Crippen molar-refractivity contribution in [1.29, 1.82) is 0 Å². The monoisotopic (exact) mass is 236 g/mol. The van der Waals surface area contributed by atoms with Gasteiger partial charge in [-0.25, -0.2) is 4.39 Å². The van der Waals surface area contributed by atoms with Gasteiger partial charge in [-0.05, 0) is 29.6 Å². The van der Waals surface area contributed by atoms with Crippen molar-refractivity contribution in [2.24, 2.45) is 0 Å². The summed E-state index contributed by atoms with van der Waals surface area (Å²) in [4.78, 5) is 11.6. The molecule has 82 valence electrons. The zero-order valence-electron chi connectivity index (χ0n) is 8.24. The van der Waals surface area contributed by atoms with E-state index < -0.39 is 5.82 Å². The van der Waals surface area contributed by atoms with E-state index in [2.05, 4.69) is 5.32 Å². The van der Waals surface area contributed by atoms with Crippen LogP contribution in [0.15, 0.2) is 35.0 Å². The van der Waals surface area contributed by atoms with Crippen molar-refractivity contribution in [2.75, 3.05) is 11.1 Å². The Morgan fingerprint density at radius 1 is 1.38 bits per heavy atom. The Balaban J connectivity index is 2.18. The van der Waals surface area contributed by atoms with Crippen LogP contribution >= 0.6 is 11.3 Å². The molecule has 0 radical (unpaired) electrons. The van der Waals surface area contributed by atoms with E-state index in [0.717, 1.165) is 0 Å². The molecule has 1 aromatic carbocycles. The van der Waals surface area contributed by atoms with Gasteiger partial charge in [0.2, 0.25) is 0 Å². The Kier molecular flexibility index (Phi) is 2.87. The van der Waals surface area contributed by atoms with Gasteiger partial charge in [-0.2, -0.15) is 11.3 Å². The number of anilines is 2. The third-order valence-electron chi connectivity index (χ3n) is 2.02. The van der Waals surface area contributed by atoms with Crippen LogP contribution in [0.3, 0.4) is 0 Å². The topological polar surface area (TPSA) is 55.1 Å². The minimum absolute atomic E-state index is 0.130. The van der Waals surface area contributed by atoms with Crippen LogP contribution in [0.2, 0.25) is 0 Å². The molecule has 0 fully saturated rings. The van der Waals surface area contributed by atoms with Crippen LogP contribution in [0, 0.1) is 5.82 Å². The molecule has 16 heavy (non-hydrogen) atoms. The summed E-state index contributed by atoms with van der Waals surface area (Å²) in [6.45, 7) is 0. The quantitative estimate of drug-likeness (QED) is 0.788. The van der Waals surface area contributed by atoms with Crippen molar-refractivity contribution in [3.63, 3.8) is 0 Å². The number of amides is 1. The summed E-state index contributed by atoms with van der Waals surface area (Å²) in [6, 6.07) is 5.82. The molecule has 3 N–H and O–H groups in total. The van der Waals surface area contributed by atoms with E-state index in [1.165, 1.54) is 29.5 Å². The van der Waals surface area contributed by atoms with Gasteiger partial charge in [-0.1, -0.05) is 0 Å². The molecule has 0 atom stereocenters. The molecular formula is C11H9FN2OS. The number of nitrogens with two attached hydrogens (primary N) is 1. The number of nitrogen functional groups attached to an aromatic ring is 1. The molecule has 0 aliphatic rings. The molecular weight excluding hydrogens is 227 g/mol. The summed E-state index contributed by atoms with van der Waals surface area (Å²) in [7, 11) is 0. The normalized spacial score (nSPS) is 10.1. The minimum Gasteiger partial charge on any atom is -0.399 e. The Bertz CT molecular complexity index is 511. The first-order valence-electron chi connectivity index (χ1n) is 4.55. The minimum atomic E-state index is -0.538. The second-order valence-electron chi connectivity index (χ2n) is 3.21. The van der Waals surface area contributed by atoms with E-state index in [1.54, 1.807) is 16.8 Å². The standard InChI is InChI=1S/C11H9FN2OS/c12-9-5-8(13)1-2-10(9)14-11(15)7-3-4-16-6-7/h1-6H,13H2,(H,14,15). The first kappa shape index (κ1) is 10.6. The molecule has 1 aromatic heterocycles. The van der Waals surface area contributed by atoms with Crippen molar-refractivity contribution < 1.29 is 9.18 Å². The van der Waals surface area contributed by atoms with Gasteiger partial charge in [0.15, 0.2) is 0 Å². The van der Waals surface area contributed by atoms with E-state index in [9.17, 15) is 9.18 Å². The molecule has 0 unspecified atom stereocenters. The number of benzene rings is 1. The van der Waals surface area contributed by atoms with Crippen LogP contribution in [-0.4, -0.2) is 5.91 Å². The average molecular weight is 236 g/mol. The lowest BCUT2D eigenvalue weighted by Gasteiger charge is -2.05. The Labute approximate surface area is 95.7 Å². The molecule has 0 saturated carbocycles. The highest BCUT2D eigenvalue weighted by molar-refractivity contribution is 7.08. The summed E-state index contributed by atoms with van der Waals surface area (Å²) in [6.07, 6.45) is 0. The van der Waals surface area contributed by atoms with Gasteiger partial charge >= 0.3 is 0 Å². The molecule has 2 aromatic rings. The molecule has 5 heteroatoms. The lowest BCUT2D eigenvalue weighted by molar-refractivity contribution is 0.102. The van der Waals surface area contributed by atoms with Gasteiger partial charge in [0, 0.05) is 11.1 Å². The van der Waals surface area contributed by atoms with Gasteiger partial charge in [0.05, 0.1) is 11.3 Å². The Morgan fingerprint density at radius 2 is 2.19 bits per heavy atom. The number of carbonyl (C=O) groups is 1. The number of nitrogens with one attached hydrogen (secondary N) is 1. The summed E-state index contributed by atoms with van der Waals surface area (Å²) < 4.78 is 13.4. The maximum Gasteiger partial charge on any atom is 0.256 e. The third-order valence-corrected chi connectivity index (χ3v) is 2.71. The van der Waals surface area contributed by atoms with Crippen molar-refractivity contribution in [3.8, 4) is 0 Å². The first-order chi connectivity index (χ1) is 7.66. The molecule has 0 saturated heterocycles. The molecule has 0 spiro atoms. The first-order valence-corrected chi connectivity index (χ1v) is 5.49. The van der Waals surface area contributed by atoms with Crippen LogP contribution in [0.25, 0.3) is 0 Å². The molecule has 1 amide bonds. The van der Waals surface area contributed by atoms with Gasteiger partial charge in [0.25, 0.3) is 5.91 Å². The summed E-state index contributed by atoms with van der Waals surface area (Å²) in [5.74, 6) is -0.867. The van der Waals surface area contributed by atoms with Gasteiger partial charge < -0.3 is 11.1 Å². The predicted molar refractivity (Wildman–Crippen MR) is 63.1 cm³/mol. The molecule has 3 nitrogen and oxygen atoms in total. The number of carbonyl (C=O) groups excluding carboxylic acids is 1. The molecule has 0 aliphatic heterocycles. The second kappa shape index (κ2) is 4.32. The maximum absolute atomic E-state index is 13.4. The van der Waals surface area contributed by atoms with Gasteiger partial charge in [-0.15, -0.1) is 0 Å². The maximum atomic E-state index is 13.4. The fraction of sp³-hybridized carbons (Fsp3) is 0. The van der Waals surface area contributed by atoms with Crippen molar-refractivity contribution >= 4 is 28.6 Å². The number of hydrogen-bond donors (Lipinski definition) is 2. The number of rotatable bonds is 2. The SMILES string of the molecule is Nc1ccc(NC(=O)c2ccsc2)c(F)c1. The van der Waals surface area contributed by atoms with E-state index in [0.29, 0.717) is 11.3 Å². The van der Waals surface area contributed by atoms with Crippen LogP contribution in [-0.2, 0) is 0 Å². The van der Waals surface area contributed by atoms with E-state index >= 15 is 0 Å². The molecule has 2 rings (SSSR count). The highest BCUT2D eigenvalue weighted by atomic mass is 32.1. The number of halogens is 1. The van der Waals surface area contributed by atoms with Crippen molar-refractivity contribution in [3.05, 3.63) is 46.4 Å². The Hall–Kier alpha value is -1.88. The zero-order valence-corrected chi connectivity index (χ0v) is 9.05. The average Bonchev–Trinajstić information content (AvgIpc) is 2.75. The predicted octanol–water partition coefficient (Wildman–Crippen LogP) is 2.72. The van der Waals surface area contributed by atoms with E-state index in [-0.39, 0.29) is 11.6 Å². The summed E-state index contributed by atoms with van der Waals surface area (Å²) in [5, 5.41) is 5.96. The fourth-order valence-corrected chi connectivity index (χ4v) is 1.86. The number of hydrogen-bond acceptors (Lipinski definition) is 3. The van der Waals surface area contributed by atoms with Crippen molar-refractivity contribution in [1.82, 2.24) is 0 Å². The summed E-state index contributed by atoms with van der Waals surface area (Å²) >= 11 is 1.41. The van der Waals surface area contributed by atoms with Crippen LogP contribution in [0.4, 0.5) is 15.8 Å². The Morgan fingerprint density at radius 3 is 2.81 bits per heavy atom. The van der Waals surface area contributed by atoms with Gasteiger partial charge in [-0.3, -0.25) is 4.79 Å². The summed E-state index contributed by atoms with van der Waals surface area (Å²) in [5.41, 5.74) is 6.37. The second-order valence-corrected chi connectivity index (χ2v) is 3.99. The van der Waals surface area contributed by atoms with Crippen LogP contribution < -0.4 is 11.1 Å². The van der Waals surface area contributed by atoms with E-state index in [4.69, 9.17) is 5.73 Å². The van der Waals surface area contributed by atoms with Crippen LogP contribution in [0.1, 0.15) is 10.4 Å². The third kappa shape index (κ3) is 2.20. The molecule has 0 aliphatic carbocycles. The molecule has 0 bridgehead atoms. The van der Waals surface area contributed by atoms with Gasteiger partial charge in [0.1, 0.15) is 5.82 Å². The van der Waals surface area contributed by atoms with E-state index in [1.807, 2.05) is 0 Å². The highest BCUT2D eigenvalue weighted by Crippen LogP contribution is 2.18. The molecule has 1 heterocycles. The zero-order chi connectivity index (χ0) is 11.5.